The molecular weight excluding hydrogens is 441 g/mol. The number of ether oxygens (including phenoxy) is 1. The Kier molecular flexibility index (Phi) is 4.96. The smallest absolute Gasteiger partial charge is 0.257 e. The van der Waals surface area contributed by atoms with E-state index in [0.29, 0.717) is 36.6 Å². The molecule has 4 aromatic heterocycles. The first kappa shape index (κ1) is 21.0. The number of pyridine rings is 1. The van der Waals surface area contributed by atoms with Crippen LogP contribution in [0, 0.1) is 0 Å². The van der Waals surface area contributed by atoms with Crippen LogP contribution in [-0.4, -0.2) is 73.7 Å². The van der Waals surface area contributed by atoms with Gasteiger partial charge >= 0.3 is 0 Å². The number of carbonyl (C=O) groups excluding carboxylic acids is 1. The van der Waals surface area contributed by atoms with E-state index in [9.17, 15) is 14.3 Å². The molecule has 4 aromatic rings. The molecule has 4 atom stereocenters. The number of carbonyl (C=O) groups is 1. The first-order valence-electron chi connectivity index (χ1n) is 11.3. The van der Waals surface area contributed by atoms with Gasteiger partial charge in [0.1, 0.15) is 23.2 Å². The van der Waals surface area contributed by atoms with Crippen molar-refractivity contribution in [1.29, 1.82) is 0 Å². The first-order valence-corrected chi connectivity index (χ1v) is 11.3. The minimum absolute atomic E-state index is 0.170. The Morgan fingerprint density at radius 3 is 2.97 bits per heavy atom. The van der Waals surface area contributed by atoms with Crippen molar-refractivity contribution in [2.24, 2.45) is 0 Å². The van der Waals surface area contributed by atoms with Crippen molar-refractivity contribution < 1.29 is 19.0 Å². The standard InChI is InChI=1S/C23H24FN7O3/c1-25-20-8-16(28-22-13(9-27-31(20)22)23(33)29-17-7-15(17)24)14-10-30(18-4-6-34-11-19(18)32)21-12(14)3-2-5-26-21/h2-3,5,8-10,15,17-19,25,32H,4,6-7,11H2,1H3,(H,29,33)/t15-,17+,18+,19+/m0/s1. The number of aliphatic hydroxyl groups is 1. The van der Waals surface area contributed by atoms with Crippen LogP contribution in [0.2, 0.25) is 0 Å². The number of nitrogens with one attached hydrogen (secondary N) is 2. The maximum Gasteiger partial charge on any atom is 0.257 e. The Morgan fingerprint density at radius 2 is 2.21 bits per heavy atom. The molecule has 1 amide bonds. The topological polar surface area (TPSA) is 119 Å². The molecule has 5 heterocycles. The number of hydrogen-bond donors (Lipinski definition) is 3. The highest BCUT2D eigenvalue weighted by Gasteiger charge is 2.39. The molecule has 1 aliphatic heterocycles. The van der Waals surface area contributed by atoms with E-state index < -0.39 is 24.2 Å². The molecule has 176 valence electrons. The quantitative estimate of drug-likeness (QED) is 0.412. The molecule has 1 aliphatic carbocycles. The zero-order valence-electron chi connectivity index (χ0n) is 18.5. The normalized spacial score (nSPS) is 24.4. The fourth-order valence-electron chi connectivity index (χ4n) is 4.57. The highest BCUT2D eigenvalue weighted by atomic mass is 19.1. The molecule has 0 bridgehead atoms. The van der Waals surface area contributed by atoms with E-state index in [0.717, 1.165) is 16.6 Å². The number of fused-ring (bicyclic) bond motifs is 2. The number of alkyl halides is 1. The number of aliphatic hydroxyl groups excluding tert-OH is 1. The van der Waals surface area contributed by atoms with Crippen LogP contribution in [0.15, 0.2) is 36.8 Å². The molecule has 0 aromatic carbocycles. The molecular formula is C23H24FN7O3. The summed E-state index contributed by atoms with van der Waals surface area (Å²) >= 11 is 0. The lowest BCUT2D eigenvalue weighted by molar-refractivity contribution is -0.0375. The van der Waals surface area contributed by atoms with Crippen LogP contribution >= 0.6 is 0 Å². The SMILES string of the molecule is CNc1cc(-c2cn([C@@H]3CCOC[C@H]3O)c3ncccc23)nc2c(C(=O)N[C@@H]3C[C@@H]3F)cnn12. The van der Waals surface area contributed by atoms with Crippen molar-refractivity contribution in [3.05, 3.63) is 42.4 Å². The Morgan fingerprint density at radius 1 is 1.35 bits per heavy atom. The summed E-state index contributed by atoms with van der Waals surface area (Å²) in [4.78, 5) is 22.1. The molecule has 3 N–H and O–H groups in total. The van der Waals surface area contributed by atoms with Crippen LogP contribution < -0.4 is 10.6 Å². The van der Waals surface area contributed by atoms with E-state index in [2.05, 4.69) is 20.7 Å². The third kappa shape index (κ3) is 3.39. The number of rotatable bonds is 5. The third-order valence-electron chi connectivity index (χ3n) is 6.52. The summed E-state index contributed by atoms with van der Waals surface area (Å²) in [5.41, 5.74) is 2.83. The Balaban J connectivity index is 1.49. The van der Waals surface area contributed by atoms with Gasteiger partial charge in [-0.25, -0.2) is 14.4 Å². The Bertz CT molecular complexity index is 1400. The number of nitrogens with zero attached hydrogens (tertiary/aromatic N) is 5. The average Bonchev–Trinajstić information content (AvgIpc) is 3.23. The van der Waals surface area contributed by atoms with Crippen LogP contribution in [0.25, 0.3) is 27.9 Å². The van der Waals surface area contributed by atoms with Gasteiger partial charge in [-0.2, -0.15) is 9.61 Å². The molecule has 1 saturated carbocycles. The van der Waals surface area contributed by atoms with E-state index in [1.807, 2.05) is 29.0 Å². The largest absolute Gasteiger partial charge is 0.389 e. The number of anilines is 1. The third-order valence-corrected chi connectivity index (χ3v) is 6.52. The van der Waals surface area contributed by atoms with Gasteiger partial charge in [0.15, 0.2) is 5.65 Å². The van der Waals surface area contributed by atoms with Gasteiger partial charge in [0.2, 0.25) is 0 Å². The molecule has 10 nitrogen and oxygen atoms in total. The van der Waals surface area contributed by atoms with Crippen molar-refractivity contribution in [2.75, 3.05) is 25.6 Å². The van der Waals surface area contributed by atoms with Crippen molar-refractivity contribution in [2.45, 2.75) is 37.2 Å². The minimum Gasteiger partial charge on any atom is -0.389 e. The fraction of sp³-hybridized carbons (Fsp3) is 0.391. The van der Waals surface area contributed by atoms with Crippen LogP contribution in [-0.2, 0) is 4.74 Å². The lowest BCUT2D eigenvalue weighted by Crippen LogP contribution is -2.34. The van der Waals surface area contributed by atoms with Crippen LogP contribution in [0.4, 0.5) is 10.2 Å². The molecule has 6 rings (SSSR count). The second-order valence-corrected chi connectivity index (χ2v) is 8.72. The van der Waals surface area contributed by atoms with Crippen LogP contribution in [0.1, 0.15) is 29.2 Å². The summed E-state index contributed by atoms with van der Waals surface area (Å²) in [5, 5.41) is 21.6. The van der Waals surface area contributed by atoms with Crippen molar-refractivity contribution in [3.63, 3.8) is 0 Å². The molecule has 0 unspecified atom stereocenters. The highest BCUT2D eigenvalue weighted by Crippen LogP contribution is 2.35. The molecule has 11 heteroatoms. The summed E-state index contributed by atoms with van der Waals surface area (Å²) in [6.07, 6.45) is 4.47. The monoisotopic (exact) mass is 465 g/mol. The predicted molar refractivity (Wildman–Crippen MR) is 123 cm³/mol. The number of halogens is 1. The minimum atomic E-state index is -0.999. The lowest BCUT2D eigenvalue weighted by atomic mass is 10.1. The molecule has 2 aliphatic rings. The van der Waals surface area contributed by atoms with Crippen LogP contribution in [0.3, 0.4) is 0 Å². The molecule has 2 fully saturated rings. The van der Waals surface area contributed by atoms with Gasteiger partial charge in [-0.15, -0.1) is 0 Å². The predicted octanol–water partition coefficient (Wildman–Crippen LogP) is 1.95. The van der Waals surface area contributed by atoms with Crippen molar-refractivity contribution in [1.82, 2.24) is 29.5 Å². The summed E-state index contributed by atoms with van der Waals surface area (Å²) in [6.45, 7) is 0.836. The van der Waals surface area contributed by atoms with E-state index in [1.165, 1.54) is 6.20 Å². The van der Waals surface area contributed by atoms with Gasteiger partial charge in [0.05, 0.1) is 36.7 Å². The Labute approximate surface area is 193 Å². The zero-order valence-corrected chi connectivity index (χ0v) is 18.5. The lowest BCUT2D eigenvalue weighted by Gasteiger charge is -2.29. The van der Waals surface area contributed by atoms with Crippen molar-refractivity contribution in [3.8, 4) is 11.3 Å². The van der Waals surface area contributed by atoms with Gasteiger partial charge in [0, 0.05) is 49.5 Å². The molecule has 34 heavy (non-hydrogen) atoms. The van der Waals surface area contributed by atoms with E-state index in [-0.39, 0.29) is 18.2 Å². The van der Waals surface area contributed by atoms with Gasteiger partial charge in [-0.05, 0) is 18.6 Å². The van der Waals surface area contributed by atoms with Gasteiger partial charge in [-0.1, -0.05) is 0 Å². The summed E-state index contributed by atoms with van der Waals surface area (Å²) in [7, 11) is 1.76. The van der Waals surface area contributed by atoms with Gasteiger partial charge in [0.25, 0.3) is 5.91 Å². The van der Waals surface area contributed by atoms with Crippen molar-refractivity contribution >= 4 is 28.4 Å². The summed E-state index contributed by atoms with van der Waals surface area (Å²) < 4.78 is 22.3. The van der Waals surface area contributed by atoms with E-state index in [4.69, 9.17) is 9.72 Å². The van der Waals surface area contributed by atoms with E-state index >= 15 is 0 Å². The molecule has 0 radical (unpaired) electrons. The second-order valence-electron chi connectivity index (χ2n) is 8.72. The van der Waals surface area contributed by atoms with Gasteiger partial charge < -0.3 is 25.0 Å². The summed E-state index contributed by atoms with van der Waals surface area (Å²) in [6, 6.07) is 5.05. The first-order chi connectivity index (χ1) is 16.5. The maximum absolute atomic E-state index is 13.3. The highest BCUT2D eigenvalue weighted by molar-refractivity contribution is 6.01. The second kappa shape index (κ2) is 8.03. The average molecular weight is 465 g/mol. The summed E-state index contributed by atoms with van der Waals surface area (Å²) in [5.74, 6) is 0.242. The zero-order chi connectivity index (χ0) is 23.4. The number of amides is 1. The maximum atomic E-state index is 13.3. The fourth-order valence-corrected chi connectivity index (χ4v) is 4.57. The number of hydrogen-bond acceptors (Lipinski definition) is 7. The Hall–Kier alpha value is -3.57. The molecule has 1 saturated heterocycles. The van der Waals surface area contributed by atoms with Gasteiger partial charge in [-0.3, -0.25) is 4.79 Å². The number of aromatic nitrogens is 5. The van der Waals surface area contributed by atoms with Crippen LogP contribution in [0.5, 0.6) is 0 Å². The van der Waals surface area contributed by atoms with E-state index in [1.54, 1.807) is 17.8 Å². The molecule has 0 spiro atoms.